The molecular weight excluding hydrogens is 282 g/mol. The first-order valence-electron chi connectivity index (χ1n) is 6.99. The molecule has 0 spiro atoms. The molecule has 0 bridgehead atoms. The number of carboxylic acid groups (broad SMARTS) is 1. The molecule has 2 aromatic carbocycles. The largest absolute Gasteiger partial charge is 0.482 e. The van der Waals surface area contributed by atoms with Gasteiger partial charge in [-0.2, -0.15) is 0 Å². The molecule has 5 heteroatoms. The molecule has 0 saturated carbocycles. The molecule has 0 unspecified atom stereocenters. The van der Waals surface area contributed by atoms with E-state index in [1.807, 2.05) is 24.3 Å². The van der Waals surface area contributed by atoms with Crippen LogP contribution in [0, 0.1) is 0 Å². The van der Waals surface area contributed by atoms with Crippen LogP contribution in [0.5, 0.6) is 5.75 Å². The number of nitrogens with zero attached hydrogens (tertiary/aromatic N) is 1. The van der Waals surface area contributed by atoms with E-state index in [1.54, 1.807) is 29.2 Å². The Balaban J connectivity index is 1.75. The second-order valence-electron chi connectivity index (χ2n) is 5.04. The lowest BCUT2D eigenvalue weighted by molar-refractivity contribution is -0.139. The smallest absolute Gasteiger partial charge is 0.341 e. The Morgan fingerprint density at radius 1 is 1.09 bits per heavy atom. The SMILES string of the molecule is O=C(O)COc1ccc(C(=O)N2CCc3ccccc32)cc1. The number of amides is 1. The van der Waals surface area contributed by atoms with Crippen LogP contribution in [0.25, 0.3) is 0 Å². The number of carbonyl (C=O) groups excluding carboxylic acids is 1. The highest BCUT2D eigenvalue weighted by atomic mass is 16.5. The van der Waals surface area contributed by atoms with E-state index in [4.69, 9.17) is 9.84 Å². The quantitative estimate of drug-likeness (QED) is 0.940. The number of rotatable bonds is 4. The first-order chi connectivity index (χ1) is 10.6. The Morgan fingerprint density at radius 2 is 1.82 bits per heavy atom. The number of hydrogen-bond donors (Lipinski definition) is 1. The minimum atomic E-state index is -1.03. The minimum absolute atomic E-state index is 0.0604. The lowest BCUT2D eigenvalue weighted by Gasteiger charge is -2.17. The maximum absolute atomic E-state index is 12.6. The van der Waals surface area contributed by atoms with E-state index in [1.165, 1.54) is 5.56 Å². The molecule has 0 aliphatic carbocycles. The lowest BCUT2D eigenvalue weighted by Crippen LogP contribution is -2.28. The van der Waals surface area contributed by atoms with Crippen LogP contribution >= 0.6 is 0 Å². The molecule has 1 amide bonds. The molecule has 1 heterocycles. The van der Waals surface area contributed by atoms with Crippen LogP contribution < -0.4 is 9.64 Å². The van der Waals surface area contributed by atoms with Gasteiger partial charge in [0, 0.05) is 17.8 Å². The van der Waals surface area contributed by atoms with Crippen molar-refractivity contribution in [3.05, 3.63) is 59.7 Å². The van der Waals surface area contributed by atoms with E-state index in [2.05, 4.69) is 0 Å². The molecule has 1 N–H and O–H groups in total. The fourth-order valence-corrected chi connectivity index (χ4v) is 2.54. The number of para-hydroxylation sites is 1. The van der Waals surface area contributed by atoms with E-state index in [9.17, 15) is 9.59 Å². The summed E-state index contributed by atoms with van der Waals surface area (Å²) >= 11 is 0. The second-order valence-corrected chi connectivity index (χ2v) is 5.04. The van der Waals surface area contributed by atoms with Gasteiger partial charge in [-0.15, -0.1) is 0 Å². The van der Waals surface area contributed by atoms with Gasteiger partial charge in [0.1, 0.15) is 5.75 Å². The Morgan fingerprint density at radius 3 is 2.55 bits per heavy atom. The number of benzene rings is 2. The molecule has 0 atom stereocenters. The van der Waals surface area contributed by atoms with Crippen LogP contribution in [0.3, 0.4) is 0 Å². The number of aliphatic carboxylic acids is 1. The number of carboxylic acids is 1. The summed E-state index contributed by atoms with van der Waals surface area (Å²) in [6, 6.07) is 14.4. The lowest BCUT2D eigenvalue weighted by atomic mass is 10.1. The summed E-state index contributed by atoms with van der Waals surface area (Å²) in [5.41, 5.74) is 2.69. The number of hydrogen-bond acceptors (Lipinski definition) is 3. The van der Waals surface area contributed by atoms with Gasteiger partial charge < -0.3 is 14.7 Å². The molecule has 2 aromatic rings. The van der Waals surface area contributed by atoms with E-state index in [0.29, 0.717) is 17.9 Å². The van der Waals surface area contributed by atoms with Crippen LogP contribution in [-0.2, 0) is 11.2 Å². The van der Waals surface area contributed by atoms with Crippen molar-refractivity contribution < 1.29 is 19.4 Å². The van der Waals surface area contributed by atoms with Crippen molar-refractivity contribution in [2.45, 2.75) is 6.42 Å². The fourth-order valence-electron chi connectivity index (χ4n) is 2.54. The summed E-state index contributed by atoms with van der Waals surface area (Å²) in [5, 5.41) is 8.57. The highest BCUT2D eigenvalue weighted by molar-refractivity contribution is 6.07. The third kappa shape index (κ3) is 2.79. The number of carbonyl (C=O) groups is 2. The molecule has 1 aliphatic rings. The molecule has 5 nitrogen and oxygen atoms in total. The van der Waals surface area contributed by atoms with Gasteiger partial charge in [0.05, 0.1) is 0 Å². The van der Waals surface area contributed by atoms with E-state index in [-0.39, 0.29) is 5.91 Å². The minimum Gasteiger partial charge on any atom is -0.482 e. The normalized spacial score (nSPS) is 12.8. The average Bonchev–Trinajstić information content (AvgIpc) is 2.97. The van der Waals surface area contributed by atoms with Crippen LogP contribution in [-0.4, -0.2) is 30.1 Å². The summed E-state index contributed by atoms with van der Waals surface area (Å²) in [7, 11) is 0. The van der Waals surface area contributed by atoms with Crippen LogP contribution in [0.4, 0.5) is 5.69 Å². The summed E-state index contributed by atoms with van der Waals surface area (Å²) < 4.78 is 5.06. The zero-order valence-corrected chi connectivity index (χ0v) is 11.9. The summed E-state index contributed by atoms with van der Waals surface area (Å²) in [6.07, 6.45) is 0.863. The highest BCUT2D eigenvalue weighted by Gasteiger charge is 2.24. The first-order valence-corrected chi connectivity index (χ1v) is 6.99. The third-order valence-corrected chi connectivity index (χ3v) is 3.60. The molecular formula is C17H15NO4. The van der Waals surface area contributed by atoms with Crippen molar-refractivity contribution in [3.63, 3.8) is 0 Å². The molecule has 3 rings (SSSR count). The Kier molecular flexibility index (Phi) is 3.78. The molecule has 112 valence electrons. The van der Waals surface area contributed by atoms with Gasteiger partial charge in [0.2, 0.25) is 0 Å². The monoisotopic (exact) mass is 297 g/mol. The fraction of sp³-hybridized carbons (Fsp3) is 0.176. The first kappa shape index (κ1) is 14.1. The zero-order valence-electron chi connectivity index (χ0n) is 11.9. The van der Waals surface area contributed by atoms with Crippen LogP contribution in [0.2, 0.25) is 0 Å². The van der Waals surface area contributed by atoms with Crippen molar-refractivity contribution in [1.29, 1.82) is 0 Å². The van der Waals surface area contributed by atoms with Gasteiger partial charge in [-0.25, -0.2) is 4.79 Å². The van der Waals surface area contributed by atoms with Gasteiger partial charge in [0.15, 0.2) is 6.61 Å². The van der Waals surface area contributed by atoms with Crippen molar-refractivity contribution in [3.8, 4) is 5.75 Å². The predicted octanol–water partition coefficient (Wildman–Crippen LogP) is 2.35. The molecule has 0 fully saturated rings. The summed E-state index contributed by atoms with van der Waals surface area (Å²) in [5.74, 6) is -0.663. The number of fused-ring (bicyclic) bond motifs is 1. The summed E-state index contributed by atoms with van der Waals surface area (Å²) in [4.78, 5) is 24.8. The van der Waals surface area contributed by atoms with Crippen molar-refractivity contribution in [2.24, 2.45) is 0 Å². The van der Waals surface area contributed by atoms with Gasteiger partial charge in [0.25, 0.3) is 5.91 Å². The number of ether oxygens (including phenoxy) is 1. The molecule has 22 heavy (non-hydrogen) atoms. The van der Waals surface area contributed by atoms with Crippen LogP contribution in [0.1, 0.15) is 15.9 Å². The summed E-state index contributed by atoms with van der Waals surface area (Å²) in [6.45, 7) is 0.280. The van der Waals surface area contributed by atoms with Crippen LogP contribution in [0.15, 0.2) is 48.5 Å². The molecule has 1 aliphatic heterocycles. The molecule has 0 radical (unpaired) electrons. The topological polar surface area (TPSA) is 66.8 Å². The maximum Gasteiger partial charge on any atom is 0.341 e. The van der Waals surface area contributed by atoms with Crippen molar-refractivity contribution >= 4 is 17.6 Å². The maximum atomic E-state index is 12.6. The van der Waals surface area contributed by atoms with Gasteiger partial charge in [-0.05, 0) is 42.3 Å². The predicted molar refractivity (Wildman–Crippen MR) is 81.4 cm³/mol. The zero-order chi connectivity index (χ0) is 15.5. The molecule has 0 aromatic heterocycles. The van der Waals surface area contributed by atoms with E-state index < -0.39 is 12.6 Å². The number of anilines is 1. The Hall–Kier alpha value is -2.82. The average molecular weight is 297 g/mol. The molecule has 0 saturated heterocycles. The third-order valence-electron chi connectivity index (χ3n) is 3.60. The highest BCUT2D eigenvalue weighted by Crippen LogP contribution is 2.29. The van der Waals surface area contributed by atoms with Crippen molar-refractivity contribution in [1.82, 2.24) is 0 Å². The second kappa shape index (κ2) is 5.89. The van der Waals surface area contributed by atoms with Gasteiger partial charge >= 0.3 is 5.97 Å². The Labute approximate surface area is 127 Å². The van der Waals surface area contributed by atoms with Crippen molar-refractivity contribution in [2.75, 3.05) is 18.1 Å². The van der Waals surface area contributed by atoms with E-state index >= 15 is 0 Å². The van der Waals surface area contributed by atoms with E-state index in [0.717, 1.165) is 12.1 Å². The van der Waals surface area contributed by atoms with Gasteiger partial charge in [-0.3, -0.25) is 4.79 Å². The Bertz CT molecular complexity index is 709. The standard InChI is InChI=1S/C17H15NO4/c19-16(20)11-22-14-7-5-13(6-8-14)17(21)18-10-9-12-3-1-2-4-15(12)18/h1-8H,9-11H2,(H,19,20). The van der Waals surface area contributed by atoms with Gasteiger partial charge in [-0.1, -0.05) is 18.2 Å².